The Morgan fingerprint density at radius 1 is 1.08 bits per heavy atom. The zero-order valence-electron chi connectivity index (χ0n) is 14.4. The van der Waals surface area contributed by atoms with Crippen molar-refractivity contribution < 1.29 is 23.5 Å². The minimum absolute atomic E-state index is 0.0943. The predicted octanol–water partition coefficient (Wildman–Crippen LogP) is 3.93. The Morgan fingerprint density at radius 3 is 2.38 bits per heavy atom. The predicted molar refractivity (Wildman–Crippen MR) is 94.4 cm³/mol. The van der Waals surface area contributed by atoms with Gasteiger partial charge in [0, 0.05) is 5.56 Å². The number of nitrogens with zero attached hydrogens (tertiary/aromatic N) is 2. The summed E-state index contributed by atoms with van der Waals surface area (Å²) >= 11 is 1.09. The number of rotatable bonds is 6. The number of hydrogen-bond acceptors (Lipinski definition) is 8. The molecule has 0 aliphatic rings. The number of ketones is 1. The van der Waals surface area contributed by atoms with Crippen molar-refractivity contribution in [3.05, 3.63) is 52.0 Å². The molecule has 0 fully saturated rings. The van der Waals surface area contributed by atoms with Gasteiger partial charge >= 0.3 is 5.97 Å². The molecule has 1 atom stereocenters. The maximum Gasteiger partial charge on any atom is 0.349 e. The van der Waals surface area contributed by atoms with Gasteiger partial charge in [0.05, 0.1) is 12.0 Å². The van der Waals surface area contributed by atoms with Crippen molar-refractivity contribution in [1.82, 2.24) is 10.2 Å². The largest absolute Gasteiger partial charge is 0.497 e. The summed E-state index contributed by atoms with van der Waals surface area (Å²) in [6, 6.07) is 10.3. The maximum absolute atomic E-state index is 12.2. The fraction of sp³-hybridized carbons (Fsp3) is 0.222. The summed E-state index contributed by atoms with van der Waals surface area (Å²) in [5, 5.41) is 7.92. The molecule has 0 amide bonds. The van der Waals surface area contributed by atoms with Gasteiger partial charge in [-0.25, -0.2) is 4.79 Å². The summed E-state index contributed by atoms with van der Waals surface area (Å²) in [6.45, 7) is 3.09. The summed E-state index contributed by atoms with van der Waals surface area (Å²) < 4.78 is 16.0. The van der Waals surface area contributed by atoms with E-state index in [0.717, 1.165) is 22.6 Å². The number of carbonyl (C=O) groups excluding carboxylic acids is 2. The monoisotopic (exact) mass is 372 g/mol. The Bertz CT molecular complexity index is 929. The smallest absolute Gasteiger partial charge is 0.349 e. The molecule has 1 aromatic carbocycles. The Labute approximate surface area is 153 Å². The molecule has 1 unspecified atom stereocenters. The number of Topliss-reactive ketones (excluding diaryl/α,β-unsaturated/α-hetero) is 1. The highest BCUT2D eigenvalue weighted by Gasteiger charge is 2.21. The van der Waals surface area contributed by atoms with Crippen LogP contribution in [0, 0.1) is 0 Å². The van der Waals surface area contributed by atoms with Crippen molar-refractivity contribution in [1.29, 1.82) is 0 Å². The third-order valence-corrected chi connectivity index (χ3v) is 4.73. The second kappa shape index (κ2) is 7.49. The summed E-state index contributed by atoms with van der Waals surface area (Å²) in [7, 11) is 1.59. The van der Waals surface area contributed by atoms with E-state index in [9.17, 15) is 9.59 Å². The molecule has 2 aromatic heterocycles. The second-order valence-corrected chi connectivity index (χ2v) is 6.53. The lowest BCUT2D eigenvalue weighted by Crippen LogP contribution is -2.08. The number of carbonyl (C=O) groups is 2. The van der Waals surface area contributed by atoms with Crippen molar-refractivity contribution in [2.75, 3.05) is 7.11 Å². The molecule has 26 heavy (non-hydrogen) atoms. The zero-order valence-corrected chi connectivity index (χ0v) is 15.2. The molecule has 0 N–H and O–H groups in total. The maximum atomic E-state index is 12.2. The van der Waals surface area contributed by atoms with Crippen molar-refractivity contribution >= 4 is 23.1 Å². The summed E-state index contributed by atoms with van der Waals surface area (Å²) in [6.07, 6.45) is -0.718. The van der Waals surface area contributed by atoms with E-state index >= 15 is 0 Å². The summed E-state index contributed by atoms with van der Waals surface area (Å²) in [5.74, 6) is 0.590. The van der Waals surface area contributed by atoms with Crippen LogP contribution in [0.25, 0.3) is 11.5 Å². The first-order chi connectivity index (χ1) is 12.5. The van der Waals surface area contributed by atoms with Gasteiger partial charge in [-0.3, -0.25) is 4.79 Å². The average molecular weight is 372 g/mol. The van der Waals surface area contributed by atoms with Gasteiger partial charge in [-0.15, -0.1) is 21.5 Å². The lowest BCUT2D eigenvalue weighted by Gasteiger charge is -2.07. The standard InChI is InChI=1S/C18H16N2O5S/c1-10(21)14-8-9-15(26-14)18(22)24-11(2)16-19-20-17(25-16)12-4-6-13(23-3)7-5-12/h4-9,11H,1-3H3. The van der Waals surface area contributed by atoms with Crippen LogP contribution < -0.4 is 4.74 Å². The number of thiophene rings is 1. The number of aromatic nitrogens is 2. The molecular weight excluding hydrogens is 356 g/mol. The van der Waals surface area contributed by atoms with E-state index in [2.05, 4.69) is 10.2 Å². The van der Waals surface area contributed by atoms with Crippen LogP contribution in [-0.2, 0) is 4.74 Å². The van der Waals surface area contributed by atoms with Gasteiger partial charge < -0.3 is 13.9 Å². The molecular formula is C18H16N2O5S. The molecule has 0 aliphatic carbocycles. The van der Waals surface area contributed by atoms with Crippen molar-refractivity contribution in [2.24, 2.45) is 0 Å². The van der Waals surface area contributed by atoms with Crippen LogP contribution in [0.15, 0.2) is 40.8 Å². The molecule has 2 heterocycles. The Hall–Kier alpha value is -3.00. The number of ether oxygens (including phenoxy) is 2. The van der Waals surface area contributed by atoms with Gasteiger partial charge in [-0.1, -0.05) is 0 Å². The lowest BCUT2D eigenvalue weighted by molar-refractivity contribution is 0.0285. The normalized spacial score (nSPS) is 11.8. The van der Waals surface area contributed by atoms with Gasteiger partial charge in [-0.05, 0) is 50.2 Å². The number of benzene rings is 1. The minimum atomic E-state index is -0.718. The van der Waals surface area contributed by atoms with Gasteiger partial charge in [0.2, 0.25) is 5.89 Å². The molecule has 0 bridgehead atoms. The molecule has 0 spiro atoms. The molecule has 0 radical (unpaired) electrons. The fourth-order valence-corrected chi connectivity index (χ4v) is 2.94. The van der Waals surface area contributed by atoms with Crippen molar-refractivity contribution in [3.63, 3.8) is 0 Å². The number of esters is 1. The molecule has 3 rings (SSSR count). The Morgan fingerprint density at radius 2 is 1.77 bits per heavy atom. The highest BCUT2D eigenvalue weighted by atomic mass is 32.1. The molecule has 7 nitrogen and oxygen atoms in total. The van der Waals surface area contributed by atoms with E-state index < -0.39 is 12.1 Å². The third-order valence-electron chi connectivity index (χ3n) is 3.56. The lowest BCUT2D eigenvalue weighted by atomic mass is 10.2. The first-order valence-corrected chi connectivity index (χ1v) is 8.59. The van der Waals surface area contributed by atoms with E-state index in [0.29, 0.717) is 15.6 Å². The summed E-state index contributed by atoms with van der Waals surface area (Å²) in [5.41, 5.74) is 0.729. The van der Waals surface area contributed by atoms with Crippen molar-refractivity contribution in [3.8, 4) is 17.2 Å². The zero-order chi connectivity index (χ0) is 18.7. The van der Waals surface area contributed by atoms with Gasteiger partial charge in [0.25, 0.3) is 5.89 Å². The molecule has 0 aliphatic heterocycles. The van der Waals surface area contributed by atoms with E-state index in [-0.39, 0.29) is 11.7 Å². The van der Waals surface area contributed by atoms with Crippen LogP contribution in [0.3, 0.4) is 0 Å². The fourth-order valence-electron chi connectivity index (χ4n) is 2.15. The van der Waals surface area contributed by atoms with Gasteiger partial charge in [-0.2, -0.15) is 0 Å². The van der Waals surface area contributed by atoms with E-state index in [4.69, 9.17) is 13.9 Å². The first-order valence-electron chi connectivity index (χ1n) is 7.77. The topological polar surface area (TPSA) is 91.5 Å². The second-order valence-electron chi connectivity index (χ2n) is 5.44. The first kappa shape index (κ1) is 17.8. The van der Waals surface area contributed by atoms with Crippen LogP contribution >= 0.6 is 11.3 Å². The van der Waals surface area contributed by atoms with Gasteiger partial charge in [0.1, 0.15) is 10.6 Å². The SMILES string of the molecule is COc1ccc(-c2nnc(C(C)OC(=O)c3ccc(C(C)=O)s3)o2)cc1. The molecule has 3 aromatic rings. The Kier molecular flexibility index (Phi) is 5.13. The quantitative estimate of drug-likeness (QED) is 0.478. The van der Waals surface area contributed by atoms with E-state index in [1.807, 2.05) is 0 Å². The highest BCUT2D eigenvalue weighted by molar-refractivity contribution is 7.15. The summed E-state index contributed by atoms with van der Waals surface area (Å²) in [4.78, 5) is 24.4. The van der Waals surface area contributed by atoms with Crippen molar-refractivity contribution in [2.45, 2.75) is 20.0 Å². The van der Waals surface area contributed by atoms with Gasteiger partial charge in [0.15, 0.2) is 11.9 Å². The molecule has 134 valence electrons. The van der Waals surface area contributed by atoms with Crippen LogP contribution in [0.2, 0.25) is 0 Å². The van der Waals surface area contributed by atoms with Crippen LogP contribution in [0.4, 0.5) is 0 Å². The Balaban J connectivity index is 1.69. The average Bonchev–Trinajstić information content (AvgIpc) is 3.31. The van der Waals surface area contributed by atoms with Crippen LogP contribution in [-0.4, -0.2) is 29.1 Å². The number of hydrogen-bond donors (Lipinski definition) is 0. The molecule has 8 heteroatoms. The number of methoxy groups -OCH3 is 1. The minimum Gasteiger partial charge on any atom is -0.497 e. The molecule has 0 saturated heterocycles. The van der Waals surface area contributed by atoms with Crippen LogP contribution in [0.1, 0.15) is 45.2 Å². The highest BCUT2D eigenvalue weighted by Crippen LogP contribution is 2.26. The van der Waals surface area contributed by atoms with E-state index in [1.165, 1.54) is 6.92 Å². The third kappa shape index (κ3) is 3.80. The molecule has 0 saturated carbocycles. The van der Waals surface area contributed by atoms with E-state index in [1.54, 1.807) is 50.4 Å². The van der Waals surface area contributed by atoms with Crippen LogP contribution in [0.5, 0.6) is 5.75 Å².